The van der Waals surface area contributed by atoms with Crippen molar-refractivity contribution in [3.8, 4) is 0 Å². The smallest absolute Gasteiger partial charge is 0.0460 e. The van der Waals surface area contributed by atoms with Crippen molar-refractivity contribution in [2.75, 3.05) is 0 Å². The number of nitrogens with one attached hydrogen (secondary N) is 1. The quantitative estimate of drug-likeness (QED) is 0.645. The molecule has 0 radical (unpaired) electrons. The molecule has 2 nitrogen and oxygen atoms in total. The van der Waals surface area contributed by atoms with Crippen LogP contribution < -0.4 is 5.48 Å². The Morgan fingerprint density at radius 3 is 2.45 bits per heavy atom. The standard InChI is InChI=1S/C9H13NO/c1-2-8-5-3-4-6-9(8)7-10-11/h3-6,10-11H,2,7H2,1H3. The summed E-state index contributed by atoms with van der Waals surface area (Å²) in [4.78, 5) is 0. The molecule has 0 bridgehead atoms. The van der Waals surface area contributed by atoms with Gasteiger partial charge in [-0.2, -0.15) is 0 Å². The van der Waals surface area contributed by atoms with Crippen LogP contribution in [0.25, 0.3) is 0 Å². The first-order valence-corrected chi connectivity index (χ1v) is 3.82. The van der Waals surface area contributed by atoms with Crippen molar-refractivity contribution in [1.82, 2.24) is 5.48 Å². The predicted molar refractivity (Wildman–Crippen MR) is 44.4 cm³/mol. The van der Waals surface area contributed by atoms with E-state index in [0.717, 1.165) is 12.0 Å². The van der Waals surface area contributed by atoms with Crippen LogP contribution in [0.5, 0.6) is 0 Å². The summed E-state index contributed by atoms with van der Waals surface area (Å²) in [6.07, 6.45) is 1.01. The topological polar surface area (TPSA) is 32.3 Å². The average Bonchev–Trinajstić information content (AvgIpc) is 2.06. The van der Waals surface area contributed by atoms with Crippen LogP contribution in [0.4, 0.5) is 0 Å². The molecule has 0 unspecified atom stereocenters. The Morgan fingerprint density at radius 2 is 1.91 bits per heavy atom. The first kappa shape index (κ1) is 8.24. The lowest BCUT2D eigenvalue weighted by atomic mass is 10.1. The molecule has 1 aromatic rings. The van der Waals surface area contributed by atoms with Crippen LogP contribution >= 0.6 is 0 Å². The highest BCUT2D eigenvalue weighted by molar-refractivity contribution is 5.26. The highest BCUT2D eigenvalue weighted by Crippen LogP contribution is 2.08. The molecule has 60 valence electrons. The molecule has 0 aliphatic rings. The monoisotopic (exact) mass is 151 g/mol. The number of hydrogen-bond acceptors (Lipinski definition) is 2. The number of hydrogen-bond donors (Lipinski definition) is 2. The molecule has 2 heteroatoms. The molecule has 0 spiro atoms. The molecule has 0 saturated heterocycles. The Kier molecular flexibility index (Phi) is 3.08. The van der Waals surface area contributed by atoms with Gasteiger partial charge in [-0.1, -0.05) is 31.2 Å². The minimum atomic E-state index is 0.532. The molecule has 0 amide bonds. The zero-order chi connectivity index (χ0) is 8.10. The van der Waals surface area contributed by atoms with Crippen LogP contribution in [-0.2, 0) is 13.0 Å². The molecule has 2 N–H and O–H groups in total. The van der Waals surface area contributed by atoms with Crippen LogP contribution in [-0.4, -0.2) is 5.21 Å². The van der Waals surface area contributed by atoms with Gasteiger partial charge in [-0.15, -0.1) is 0 Å². The molecular weight excluding hydrogens is 138 g/mol. The van der Waals surface area contributed by atoms with Gasteiger partial charge in [0.15, 0.2) is 0 Å². The van der Waals surface area contributed by atoms with Gasteiger partial charge in [0.2, 0.25) is 0 Å². The van der Waals surface area contributed by atoms with Gasteiger partial charge in [0, 0.05) is 6.54 Å². The van der Waals surface area contributed by atoms with Gasteiger partial charge in [0.25, 0.3) is 0 Å². The summed E-state index contributed by atoms with van der Waals surface area (Å²) in [5.74, 6) is 0. The average molecular weight is 151 g/mol. The summed E-state index contributed by atoms with van der Waals surface area (Å²) in [6, 6.07) is 8.08. The highest BCUT2D eigenvalue weighted by atomic mass is 16.5. The molecule has 0 saturated carbocycles. The number of hydroxylamine groups is 1. The summed E-state index contributed by atoms with van der Waals surface area (Å²) < 4.78 is 0. The van der Waals surface area contributed by atoms with Crippen molar-refractivity contribution in [3.05, 3.63) is 35.4 Å². The summed E-state index contributed by atoms with van der Waals surface area (Å²) in [5, 5.41) is 8.49. The fraction of sp³-hybridized carbons (Fsp3) is 0.333. The molecular formula is C9H13NO. The molecule has 0 fully saturated rings. The van der Waals surface area contributed by atoms with E-state index in [1.165, 1.54) is 5.56 Å². The predicted octanol–water partition coefficient (Wildman–Crippen LogP) is 1.73. The Labute approximate surface area is 66.8 Å². The third-order valence-electron chi connectivity index (χ3n) is 1.77. The third kappa shape index (κ3) is 2.03. The SMILES string of the molecule is CCc1ccccc1CNO. The van der Waals surface area contributed by atoms with E-state index in [4.69, 9.17) is 5.21 Å². The maximum Gasteiger partial charge on any atom is 0.0460 e. The molecule has 0 aromatic heterocycles. The second-order valence-corrected chi connectivity index (χ2v) is 2.46. The second-order valence-electron chi connectivity index (χ2n) is 2.46. The van der Waals surface area contributed by atoms with Gasteiger partial charge in [-0.25, -0.2) is 5.48 Å². The summed E-state index contributed by atoms with van der Waals surface area (Å²) >= 11 is 0. The maximum absolute atomic E-state index is 8.49. The molecule has 1 aromatic carbocycles. The zero-order valence-corrected chi connectivity index (χ0v) is 6.67. The van der Waals surface area contributed by atoms with Crippen molar-refractivity contribution in [3.63, 3.8) is 0 Å². The van der Waals surface area contributed by atoms with Crippen molar-refractivity contribution < 1.29 is 5.21 Å². The van der Waals surface area contributed by atoms with Crippen molar-refractivity contribution >= 4 is 0 Å². The summed E-state index contributed by atoms with van der Waals surface area (Å²) in [6.45, 7) is 2.64. The van der Waals surface area contributed by atoms with Crippen molar-refractivity contribution in [2.24, 2.45) is 0 Å². The third-order valence-corrected chi connectivity index (χ3v) is 1.77. The lowest BCUT2D eigenvalue weighted by Gasteiger charge is -2.04. The Morgan fingerprint density at radius 1 is 1.27 bits per heavy atom. The van der Waals surface area contributed by atoms with Gasteiger partial charge >= 0.3 is 0 Å². The lowest BCUT2D eigenvalue weighted by molar-refractivity contribution is 0.161. The fourth-order valence-corrected chi connectivity index (χ4v) is 1.16. The van der Waals surface area contributed by atoms with E-state index in [9.17, 15) is 0 Å². The van der Waals surface area contributed by atoms with Crippen LogP contribution in [0.15, 0.2) is 24.3 Å². The molecule has 0 aliphatic carbocycles. The summed E-state index contributed by atoms with van der Waals surface area (Å²) in [7, 11) is 0. The number of aryl methyl sites for hydroxylation is 1. The van der Waals surface area contributed by atoms with E-state index in [0.29, 0.717) is 6.54 Å². The molecule has 1 rings (SSSR count). The minimum absolute atomic E-state index is 0.532. The largest absolute Gasteiger partial charge is 0.316 e. The zero-order valence-electron chi connectivity index (χ0n) is 6.67. The van der Waals surface area contributed by atoms with Crippen molar-refractivity contribution in [1.29, 1.82) is 0 Å². The van der Waals surface area contributed by atoms with E-state index in [-0.39, 0.29) is 0 Å². The van der Waals surface area contributed by atoms with Gasteiger partial charge in [0.1, 0.15) is 0 Å². The van der Waals surface area contributed by atoms with Gasteiger partial charge in [-0.3, -0.25) is 0 Å². The van der Waals surface area contributed by atoms with Crippen molar-refractivity contribution in [2.45, 2.75) is 19.9 Å². The normalized spacial score (nSPS) is 10.0. The van der Waals surface area contributed by atoms with Gasteiger partial charge in [-0.05, 0) is 17.5 Å². The molecule has 0 aliphatic heterocycles. The lowest BCUT2D eigenvalue weighted by Crippen LogP contribution is -2.07. The molecule has 11 heavy (non-hydrogen) atoms. The first-order valence-electron chi connectivity index (χ1n) is 3.82. The van der Waals surface area contributed by atoms with E-state index in [2.05, 4.69) is 18.5 Å². The highest BCUT2D eigenvalue weighted by Gasteiger charge is 1.96. The van der Waals surface area contributed by atoms with Crippen LogP contribution in [0.1, 0.15) is 18.1 Å². The van der Waals surface area contributed by atoms with Crippen LogP contribution in [0, 0.1) is 0 Å². The Hall–Kier alpha value is -0.860. The van der Waals surface area contributed by atoms with E-state index < -0.39 is 0 Å². The van der Waals surface area contributed by atoms with Gasteiger partial charge in [0.05, 0.1) is 0 Å². The second kappa shape index (κ2) is 4.11. The Bertz CT molecular complexity index is 223. The fourth-order valence-electron chi connectivity index (χ4n) is 1.16. The van der Waals surface area contributed by atoms with Gasteiger partial charge < -0.3 is 5.21 Å². The number of rotatable bonds is 3. The molecule has 0 heterocycles. The van der Waals surface area contributed by atoms with E-state index in [1.807, 2.05) is 18.2 Å². The molecule has 0 atom stereocenters. The van der Waals surface area contributed by atoms with E-state index in [1.54, 1.807) is 0 Å². The maximum atomic E-state index is 8.49. The minimum Gasteiger partial charge on any atom is -0.316 e. The van der Waals surface area contributed by atoms with Crippen LogP contribution in [0.3, 0.4) is 0 Å². The van der Waals surface area contributed by atoms with Crippen LogP contribution in [0.2, 0.25) is 0 Å². The summed E-state index contributed by atoms with van der Waals surface area (Å²) in [5.41, 5.74) is 4.61. The van der Waals surface area contributed by atoms with E-state index >= 15 is 0 Å². The Balaban J connectivity index is 2.83. The first-order chi connectivity index (χ1) is 5.38. The number of benzene rings is 1.